The molecule has 12 aromatic rings. The average molecular weight is 799 g/mol. The van der Waals surface area contributed by atoms with Gasteiger partial charge in [0.05, 0.1) is 22.4 Å². The maximum Gasteiger partial charge on any atom is 0.147 e. The van der Waals surface area contributed by atoms with Crippen LogP contribution in [0, 0.1) is 11.6 Å². The van der Waals surface area contributed by atoms with E-state index in [0.717, 1.165) is 38.8 Å². The molecule has 292 valence electrons. The van der Waals surface area contributed by atoms with Crippen molar-refractivity contribution in [3.8, 4) is 39.1 Å². The van der Waals surface area contributed by atoms with Crippen LogP contribution in [0.2, 0.25) is 0 Å². The molecule has 0 bridgehead atoms. The summed E-state index contributed by atoms with van der Waals surface area (Å²) in [6.07, 6.45) is 0. The fourth-order valence-electron chi connectivity index (χ4n) is 9.64. The zero-order valence-electron chi connectivity index (χ0n) is 33.4. The van der Waals surface area contributed by atoms with Crippen molar-refractivity contribution in [2.45, 2.75) is 0 Å². The van der Waals surface area contributed by atoms with E-state index in [1.54, 1.807) is 41.3 Å². The zero-order valence-corrected chi connectivity index (χ0v) is 33.4. The molecule has 0 atom stereocenters. The first-order chi connectivity index (χ1) is 30.6. The lowest BCUT2D eigenvalue weighted by Crippen LogP contribution is -2.13. The van der Waals surface area contributed by atoms with Gasteiger partial charge in [-0.25, -0.2) is 8.78 Å². The quantitative estimate of drug-likeness (QED) is 0.146. The number of fused-ring (bicyclic) bond motifs is 4. The van der Waals surface area contributed by atoms with Crippen molar-refractivity contribution in [2.24, 2.45) is 0 Å². The first-order valence-electron chi connectivity index (χ1n) is 20.9. The van der Waals surface area contributed by atoms with Gasteiger partial charge in [0, 0.05) is 27.5 Å². The predicted octanol–water partition coefficient (Wildman–Crippen LogP) is 16.4. The molecular weight excluding hydrogens is 763 g/mol. The van der Waals surface area contributed by atoms with Crippen molar-refractivity contribution in [1.29, 1.82) is 0 Å². The Kier molecular flexibility index (Phi) is 8.26. The van der Waals surface area contributed by atoms with Crippen LogP contribution in [0.25, 0.3) is 93.2 Å². The fraction of sp³-hybridized carbons (Fsp3) is 0. The largest absolute Gasteiger partial charge is 0.309 e. The average Bonchev–Trinajstić information content (AvgIpc) is 3.67. The van der Waals surface area contributed by atoms with Gasteiger partial charge >= 0.3 is 0 Å². The Labute approximate surface area is 357 Å². The highest BCUT2D eigenvalue weighted by atomic mass is 19.1. The number of rotatable bonds is 7. The van der Waals surface area contributed by atoms with Crippen LogP contribution < -0.4 is 4.90 Å². The van der Waals surface area contributed by atoms with Crippen molar-refractivity contribution in [3.63, 3.8) is 0 Å². The van der Waals surface area contributed by atoms with Gasteiger partial charge in [-0.15, -0.1) is 0 Å². The molecule has 1 heterocycles. The van der Waals surface area contributed by atoms with Crippen molar-refractivity contribution in [3.05, 3.63) is 230 Å². The van der Waals surface area contributed by atoms with Gasteiger partial charge in [0.2, 0.25) is 0 Å². The highest BCUT2D eigenvalue weighted by Crippen LogP contribution is 2.46. The van der Waals surface area contributed by atoms with Crippen molar-refractivity contribution >= 4 is 71.2 Å². The first kappa shape index (κ1) is 35.8. The van der Waals surface area contributed by atoms with E-state index in [2.05, 4.69) is 162 Å². The van der Waals surface area contributed by atoms with Crippen molar-refractivity contribution < 1.29 is 8.78 Å². The number of hydrogen-bond acceptors (Lipinski definition) is 1. The summed E-state index contributed by atoms with van der Waals surface area (Å²) in [5.74, 6) is -0.861. The van der Waals surface area contributed by atoms with E-state index in [4.69, 9.17) is 0 Å². The van der Waals surface area contributed by atoms with Crippen LogP contribution in [0.5, 0.6) is 0 Å². The SMILES string of the molecule is Fc1ccccc1N(c1ccc(-c2ccc3ccc4c5c(ccc2c35)cc2c3ccccc3n(-c3cc(-c5ccccc5)cc(-c5ccccc5)c3)c24)cc1)c1ccccc1F. The number of halogens is 2. The van der Waals surface area contributed by atoms with E-state index >= 15 is 8.78 Å². The van der Waals surface area contributed by atoms with Crippen LogP contribution in [0.3, 0.4) is 0 Å². The van der Waals surface area contributed by atoms with Crippen LogP contribution in [-0.4, -0.2) is 4.57 Å². The number of hydrogen-bond donors (Lipinski definition) is 0. The predicted molar refractivity (Wildman–Crippen MR) is 255 cm³/mol. The lowest BCUT2D eigenvalue weighted by Gasteiger charge is -2.26. The lowest BCUT2D eigenvalue weighted by molar-refractivity contribution is 0.619. The maximum absolute atomic E-state index is 15.3. The van der Waals surface area contributed by atoms with E-state index in [-0.39, 0.29) is 11.4 Å². The molecule has 62 heavy (non-hydrogen) atoms. The third kappa shape index (κ3) is 5.68. The second kappa shape index (κ2) is 14.3. The van der Waals surface area contributed by atoms with Gasteiger partial charge in [-0.3, -0.25) is 0 Å². The standard InChI is InChI=1S/C58H36F2N2/c59-51-18-8-11-21-54(51)61(55-22-12-9-19-52(55)60)44-28-23-39(24-29-44)46-30-25-40-26-32-49-57-41(27-31-48(46)56(40)57)36-50-47-17-7-10-20-53(47)62(58(49)50)45-34-42(37-13-3-1-4-14-37)33-43(35-45)38-15-5-2-6-16-38/h1-36H. The molecule has 2 nitrogen and oxygen atoms in total. The Balaban J connectivity index is 1.07. The second-order valence-corrected chi connectivity index (χ2v) is 15.9. The highest BCUT2D eigenvalue weighted by molar-refractivity contribution is 6.32. The lowest BCUT2D eigenvalue weighted by atomic mass is 9.89. The zero-order chi connectivity index (χ0) is 41.3. The molecule has 0 fully saturated rings. The van der Waals surface area contributed by atoms with Crippen LogP contribution in [0.4, 0.5) is 25.8 Å². The smallest absolute Gasteiger partial charge is 0.147 e. The highest BCUT2D eigenvalue weighted by Gasteiger charge is 2.22. The molecule has 12 rings (SSSR count). The van der Waals surface area contributed by atoms with Gasteiger partial charge in [-0.1, -0.05) is 152 Å². The summed E-state index contributed by atoms with van der Waals surface area (Å²) in [5, 5.41) is 9.55. The van der Waals surface area contributed by atoms with E-state index < -0.39 is 11.6 Å². The summed E-state index contributed by atoms with van der Waals surface area (Å²) in [7, 11) is 0. The summed E-state index contributed by atoms with van der Waals surface area (Å²) < 4.78 is 33.2. The molecule has 0 radical (unpaired) electrons. The van der Waals surface area contributed by atoms with Crippen LogP contribution in [-0.2, 0) is 0 Å². The van der Waals surface area contributed by atoms with Crippen LogP contribution in [0.1, 0.15) is 0 Å². The van der Waals surface area contributed by atoms with Gasteiger partial charge in [0.1, 0.15) is 11.6 Å². The number of benzene rings is 11. The summed E-state index contributed by atoms with van der Waals surface area (Å²) in [4.78, 5) is 1.64. The van der Waals surface area contributed by atoms with E-state index in [0.29, 0.717) is 5.69 Å². The molecule has 1 aromatic heterocycles. The van der Waals surface area contributed by atoms with Crippen LogP contribution >= 0.6 is 0 Å². The Morgan fingerprint density at radius 1 is 0.355 bits per heavy atom. The Bertz CT molecular complexity index is 3550. The normalized spacial score (nSPS) is 11.7. The third-order valence-corrected chi connectivity index (χ3v) is 12.4. The summed E-state index contributed by atoms with van der Waals surface area (Å²) in [5.41, 5.74) is 11.4. The number of anilines is 3. The van der Waals surface area contributed by atoms with Gasteiger partial charge in [0.15, 0.2) is 0 Å². The molecule has 0 aliphatic rings. The Hall–Kier alpha value is -8.08. The monoisotopic (exact) mass is 798 g/mol. The molecular formula is C58H36F2N2. The molecule has 0 N–H and O–H groups in total. The van der Waals surface area contributed by atoms with Gasteiger partial charge < -0.3 is 9.47 Å². The van der Waals surface area contributed by atoms with E-state index in [1.807, 2.05) is 12.1 Å². The molecule has 0 saturated heterocycles. The van der Waals surface area contributed by atoms with Gasteiger partial charge in [0.25, 0.3) is 0 Å². The van der Waals surface area contributed by atoms with E-state index in [9.17, 15) is 0 Å². The minimum Gasteiger partial charge on any atom is -0.309 e. The molecule has 11 aromatic carbocycles. The third-order valence-electron chi connectivity index (χ3n) is 12.4. The molecule has 0 aliphatic heterocycles. The molecule has 0 spiro atoms. The molecule has 0 saturated carbocycles. The van der Waals surface area contributed by atoms with Crippen molar-refractivity contribution in [1.82, 2.24) is 4.57 Å². The second-order valence-electron chi connectivity index (χ2n) is 15.9. The summed E-state index contributed by atoms with van der Waals surface area (Å²) in [6, 6.07) is 73.8. The molecule has 0 aliphatic carbocycles. The Morgan fingerprint density at radius 3 is 1.56 bits per heavy atom. The number of aromatic nitrogens is 1. The minimum absolute atomic E-state index is 0.278. The fourth-order valence-corrected chi connectivity index (χ4v) is 9.64. The molecule has 4 heteroatoms. The van der Waals surface area contributed by atoms with Gasteiger partial charge in [-0.2, -0.15) is 0 Å². The maximum atomic E-state index is 15.3. The summed E-state index contributed by atoms with van der Waals surface area (Å²) in [6.45, 7) is 0. The molecule has 0 amide bonds. The number of para-hydroxylation sites is 3. The van der Waals surface area contributed by atoms with E-state index in [1.165, 1.54) is 66.5 Å². The van der Waals surface area contributed by atoms with Gasteiger partial charge in [-0.05, 0) is 127 Å². The minimum atomic E-state index is -0.430. The van der Waals surface area contributed by atoms with Crippen molar-refractivity contribution in [2.75, 3.05) is 4.90 Å². The molecule has 0 unspecified atom stereocenters. The summed E-state index contributed by atoms with van der Waals surface area (Å²) >= 11 is 0. The number of nitrogens with zero attached hydrogens (tertiary/aromatic N) is 2. The first-order valence-corrected chi connectivity index (χ1v) is 20.9. The van der Waals surface area contributed by atoms with Crippen LogP contribution in [0.15, 0.2) is 218 Å². The Morgan fingerprint density at radius 2 is 0.903 bits per heavy atom. The topological polar surface area (TPSA) is 8.17 Å².